The second-order valence-corrected chi connectivity index (χ2v) is 6.00. The molecular weight excluding hydrogens is 349 g/mol. The van der Waals surface area contributed by atoms with E-state index in [0.717, 1.165) is 18.3 Å². The Bertz CT molecular complexity index is 900. The number of oxime groups is 1. The molecule has 7 nitrogen and oxygen atoms in total. The summed E-state index contributed by atoms with van der Waals surface area (Å²) in [5, 5.41) is 28.5. The van der Waals surface area contributed by atoms with E-state index in [1.807, 2.05) is 0 Å². The van der Waals surface area contributed by atoms with Crippen molar-refractivity contribution in [2.24, 2.45) is 15.4 Å². The van der Waals surface area contributed by atoms with Crippen molar-refractivity contribution < 1.29 is 22.6 Å². The monoisotopic (exact) mass is 357 g/mol. The molecule has 0 bridgehead atoms. The first-order chi connectivity index (χ1) is 10.8. The first-order valence-electron chi connectivity index (χ1n) is 5.97. The molecule has 2 aromatic carbocycles. The summed E-state index contributed by atoms with van der Waals surface area (Å²) in [4.78, 5) is -0.536. The molecule has 0 radical (unpaired) electrons. The third-order valence-electron chi connectivity index (χ3n) is 2.65. The lowest BCUT2D eigenvalue weighted by Gasteiger charge is -2.02. The van der Waals surface area contributed by atoms with Crippen LogP contribution in [-0.4, -0.2) is 24.9 Å². The summed E-state index contributed by atoms with van der Waals surface area (Å²) in [7, 11) is -4.84. The molecule has 0 saturated heterocycles. The van der Waals surface area contributed by atoms with Crippen LogP contribution < -0.4 is 0 Å². The number of azo groups is 1. The summed E-state index contributed by atoms with van der Waals surface area (Å²) in [5.74, 6) is -0.297. The van der Waals surface area contributed by atoms with E-state index in [0.29, 0.717) is 0 Å². The summed E-state index contributed by atoms with van der Waals surface area (Å²) in [5.41, 5.74) is 0.413. The molecule has 0 heterocycles. The number of phenolic OH excluding ortho intramolecular Hbond substituents is 1. The van der Waals surface area contributed by atoms with E-state index in [4.69, 9.17) is 16.8 Å². The molecule has 120 valence electrons. The second kappa shape index (κ2) is 6.71. The van der Waals surface area contributed by atoms with Crippen LogP contribution in [-0.2, 0) is 10.2 Å². The predicted molar refractivity (Wildman–Crippen MR) is 81.4 cm³/mol. The van der Waals surface area contributed by atoms with Crippen LogP contribution in [0, 0.1) is 0 Å². The number of rotatable bonds is 4. The van der Waals surface area contributed by atoms with Crippen molar-refractivity contribution in [3.63, 3.8) is 0 Å². The van der Waals surface area contributed by atoms with Crippen LogP contribution in [0.25, 0.3) is 0 Å². The van der Waals surface area contributed by atoms with E-state index in [9.17, 15) is 17.4 Å². The molecule has 2 aromatic rings. The van der Waals surface area contributed by atoms with Gasteiger partial charge in [-0.15, -0.1) is 3.89 Å². The fourth-order valence-corrected chi connectivity index (χ4v) is 2.36. The van der Waals surface area contributed by atoms with Crippen LogP contribution in [0.5, 0.6) is 5.75 Å². The minimum absolute atomic E-state index is 0.0450. The van der Waals surface area contributed by atoms with E-state index in [2.05, 4.69) is 15.4 Å². The lowest BCUT2D eigenvalue weighted by molar-refractivity contribution is 0.321. The van der Waals surface area contributed by atoms with Crippen LogP contribution in [0.1, 0.15) is 5.56 Å². The van der Waals surface area contributed by atoms with Gasteiger partial charge in [-0.2, -0.15) is 18.6 Å². The minimum Gasteiger partial charge on any atom is -0.506 e. The van der Waals surface area contributed by atoms with Crippen LogP contribution in [0.2, 0.25) is 5.02 Å². The molecule has 10 heteroatoms. The number of benzene rings is 2. The van der Waals surface area contributed by atoms with Gasteiger partial charge in [0.1, 0.15) is 10.6 Å². The average molecular weight is 358 g/mol. The van der Waals surface area contributed by atoms with E-state index in [1.165, 1.54) is 24.3 Å². The van der Waals surface area contributed by atoms with Gasteiger partial charge in [0, 0.05) is 5.56 Å². The van der Waals surface area contributed by atoms with Crippen molar-refractivity contribution in [2.75, 3.05) is 0 Å². The number of hydrogen-bond acceptors (Lipinski definition) is 7. The molecule has 0 amide bonds. The molecule has 0 saturated carbocycles. The van der Waals surface area contributed by atoms with Crippen molar-refractivity contribution in [1.82, 2.24) is 0 Å². The Morgan fingerprint density at radius 1 is 1.13 bits per heavy atom. The number of aromatic hydroxyl groups is 1. The normalized spacial score (nSPS) is 12.3. The molecule has 0 atom stereocenters. The Morgan fingerprint density at radius 2 is 1.83 bits per heavy atom. The maximum Gasteiger partial charge on any atom is 0.332 e. The molecule has 0 aliphatic rings. The van der Waals surface area contributed by atoms with E-state index < -0.39 is 15.1 Å². The van der Waals surface area contributed by atoms with Gasteiger partial charge in [-0.25, -0.2) is 0 Å². The quantitative estimate of drug-likeness (QED) is 0.284. The largest absolute Gasteiger partial charge is 0.506 e. The van der Waals surface area contributed by atoms with Crippen molar-refractivity contribution in [1.29, 1.82) is 0 Å². The summed E-state index contributed by atoms with van der Waals surface area (Å²) in [6, 6.07) is 7.47. The van der Waals surface area contributed by atoms with Crippen LogP contribution in [0.15, 0.2) is 56.7 Å². The first-order valence-corrected chi connectivity index (χ1v) is 7.74. The minimum atomic E-state index is -4.84. The zero-order valence-corrected chi connectivity index (χ0v) is 12.8. The number of halogens is 2. The molecule has 2 N–H and O–H groups in total. The van der Waals surface area contributed by atoms with Gasteiger partial charge in [0.15, 0.2) is 0 Å². The summed E-state index contributed by atoms with van der Waals surface area (Å²) in [6.07, 6.45) is 0.955. The molecule has 0 aliphatic carbocycles. The third-order valence-corrected chi connectivity index (χ3v) is 3.76. The van der Waals surface area contributed by atoms with E-state index in [-0.39, 0.29) is 27.7 Å². The van der Waals surface area contributed by atoms with Gasteiger partial charge >= 0.3 is 10.2 Å². The Balaban J connectivity index is 2.38. The Labute approximate surface area is 135 Å². The zero-order chi connectivity index (χ0) is 17.0. The molecule has 0 aromatic heterocycles. The molecule has 0 fully saturated rings. The Hall–Kier alpha value is -2.52. The van der Waals surface area contributed by atoms with Gasteiger partial charge in [-0.1, -0.05) is 22.8 Å². The van der Waals surface area contributed by atoms with Gasteiger partial charge < -0.3 is 10.3 Å². The number of nitrogens with zero attached hydrogens (tertiary/aromatic N) is 3. The van der Waals surface area contributed by atoms with Crippen molar-refractivity contribution in [2.45, 2.75) is 4.90 Å². The maximum absolute atomic E-state index is 12.9. The van der Waals surface area contributed by atoms with Crippen LogP contribution in [0.3, 0.4) is 0 Å². The van der Waals surface area contributed by atoms with E-state index in [1.54, 1.807) is 0 Å². The van der Waals surface area contributed by atoms with Crippen molar-refractivity contribution >= 4 is 39.4 Å². The predicted octanol–water partition coefficient (Wildman–Crippen LogP) is 3.93. The SMILES string of the molecule is O=S(=O)(F)c1cccc(N=Nc2cc(Cl)c(O)c(/C=N/O)c2)c1. The van der Waals surface area contributed by atoms with Crippen molar-refractivity contribution in [3.8, 4) is 5.75 Å². The van der Waals surface area contributed by atoms with E-state index >= 15 is 0 Å². The molecular formula is C13H9ClFN3O4S. The highest BCUT2D eigenvalue weighted by Crippen LogP contribution is 2.32. The van der Waals surface area contributed by atoms with Gasteiger partial charge in [-0.05, 0) is 30.3 Å². The lowest BCUT2D eigenvalue weighted by atomic mass is 10.2. The smallest absolute Gasteiger partial charge is 0.332 e. The fraction of sp³-hybridized carbons (Fsp3) is 0. The second-order valence-electron chi connectivity index (χ2n) is 4.25. The highest BCUT2D eigenvalue weighted by Gasteiger charge is 2.12. The molecule has 0 unspecified atom stereocenters. The van der Waals surface area contributed by atoms with Gasteiger partial charge in [-0.3, -0.25) is 0 Å². The molecule has 0 aliphatic heterocycles. The van der Waals surface area contributed by atoms with Crippen LogP contribution in [0.4, 0.5) is 15.3 Å². The summed E-state index contributed by atoms with van der Waals surface area (Å²) in [6.45, 7) is 0. The Kier molecular flexibility index (Phi) is 4.92. The summed E-state index contributed by atoms with van der Waals surface area (Å²) >= 11 is 5.80. The highest BCUT2D eigenvalue weighted by atomic mass is 35.5. The van der Waals surface area contributed by atoms with Gasteiger partial charge in [0.05, 0.1) is 22.6 Å². The van der Waals surface area contributed by atoms with Gasteiger partial charge in [0.2, 0.25) is 0 Å². The van der Waals surface area contributed by atoms with Crippen molar-refractivity contribution in [3.05, 3.63) is 47.0 Å². The third kappa shape index (κ3) is 4.24. The molecule has 2 rings (SSSR count). The standard InChI is InChI=1S/C13H9ClFN3O4S/c14-12-6-10(4-8(7-16-20)13(12)19)18-17-9-2-1-3-11(5-9)23(15,21)22/h1-7,19-20H/b16-7+,18-17?. The average Bonchev–Trinajstić information content (AvgIpc) is 2.49. The fourth-order valence-electron chi connectivity index (χ4n) is 1.64. The maximum atomic E-state index is 12.9. The number of phenols is 1. The lowest BCUT2D eigenvalue weighted by Crippen LogP contribution is -1.90. The molecule has 0 spiro atoms. The zero-order valence-electron chi connectivity index (χ0n) is 11.3. The summed E-state index contributed by atoms with van der Waals surface area (Å²) < 4.78 is 34.6. The topological polar surface area (TPSA) is 112 Å². The Morgan fingerprint density at radius 3 is 2.48 bits per heavy atom. The highest BCUT2D eigenvalue weighted by molar-refractivity contribution is 7.86. The first kappa shape index (κ1) is 16.8. The molecule has 23 heavy (non-hydrogen) atoms. The van der Waals surface area contributed by atoms with Crippen LogP contribution >= 0.6 is 11.6 Å². The van der Waals surface area contributed by atoms with Gasteiger partial charge in [0.25, 0.3) is 0 Å². The number of hydrogen-bond donors (Lipinski definition) is 2.